The highest BCUT2D eigenvalue weighted by Gasteiger charge is 2.30. The summed E-state index contributed by atoms with van der Waals surface area (Å²) in [4.78, 5) is 12.4. The van der Waals surface area contributed by atoms with Crippen molar-refractivity contribution in [3.05, 3.63) is 100 Å². The third-order valence-electron chi connectivity index (χ3n) is 4.98. The molecule has 0 saturated carbocycles. The lowest BCUT2D eigenvalue weighted by Gasteiger charge is -2.10. The summed E-state index contributed by atoms with van der Waals surface area (Å²) in [6.45, 7) is 4.48. The average molecular weight is 450 g/mol. The fraction of sp³-hybridized carbons (Fsp3) is 0.154. The molecule has 33 heavy (non-hydrogen) atoms. The van der Waals surface area contributed by atoms with Gasteiger partial charge in [0, 0.05) is 5.69 Å². The minimum absolute atomic E-state index is 0.0499. The Kier molecular flexibility index (Phi) is 7.19. The summed E-state index contributed by atoms with van der Waals surface area (Å²) in [5.74, 6) is -0.177. The maximum Gasteiger partial charge on any atom is 0.416 e. The second-order valence-electron chi connectivity index (χ2n) is 7.48. The van der Waals surface area contributed by atoms with Crippen molar-refractivity contribution in [2.24, 2.45) is 0 Å². The second kappa shape index (κ2) is 10.0. The molecule has 1 amide bonds. The number of anilines is 1. The van der Waals surface area contributed by atoms with E-state index in [0.29, 0.717) is 17.9 Å². The SMILES string of the molecule is Cc1ccc(COc2ccc(/C=C(\C#N)C(=O)Nc3cccc(C(F)(F)F)c3)cc2)cc1C. The molecule has 0 aliphatic carbocycles. The maximum atomic E-state index is 12.8. The molecule has 0 fully saturated rings. The minimum atomic E-state index is -4.53. The quantitative estimate of drug-likeness (QED) is 0.347. The number of hydrogen-bond donors (Lipinski definition) is 1. The van der Waals surface area contributed by atoms with Crippen LogP contribution in [0.2, 0.25) is 0 Å². The van der Waals surface area contributed by atoms with Crippen LogP contribution in [0.5, 0.6) is 5.75 Å². The number of alkyl halides is 3. The molecule has 0 aliphatic rings. The second-order valence-corrected chi connectivity index (χ2v) is 7.48. The zero-order valence-corrected chi connectivity index (χ0v) is 18.0. The Hall–Kier alpha value is -4.05. The first-order valence-electron chi connectivity index (χ1n) is 10.0. The van der Waals surface area contributed by atoms with E-state index < -0.39 is 17.6 Å². The van der Waals surface area contributed by atoms with Crippen molar-refractivity contribution in [3.63, 3.8) is 0 Å². The van der Waals surface area contributed by atoms with Crippen molar-refractivity contribution in [1.82, 2.24) is 0 Å². The minimum Gasteiger partial charge on any atom is -0.489 e. The maximum absolute atomic E-state index is 12.8. The lowest BCUT2D eigenvalue weighted by atomic mass is 10.1. The van der Waals surface area contributed by atoms with Gasteiger partial charge in [-0.1, -0.05) is 36.4 Å². The smallest absolute Gasteiger partial charge is 0.416 e. The van der Waals surface area contributed by atoms with Crippen molar-refractivity contribution in [3.8, 4) is 11.8 Å². The van der Waals surface area contributed by atoms with Gasteiger partial charge in [0.2, 0.25) is 0 Å². The summed E-state index contributed by atoms with van der Waals surface area (Å²) in [5, 5.41) is 11.7. The Labute approximate surface area is 189 Å². The van der Waals surface area contributed by atoms with Crippen LogP contribution < -0.4 is 10.1 Å². The first kappa shape index (κ1) is 23.6. The fourth-order valence-corrected chi connectivity index (χ4v) is 3.01. The van der Waals surface area contributed by atoms with Crippen LogP contribution in [0.4, 0.5) is 18.9 Å². The van der Waals surface area contributed by atoms with E-state index in [1.807, 2.05) is 26.0 Å². The summed E-state index contributed by atoms with van der Waals surface area (Å²) in [6, 6.07) is 18.9. The van der Waals surface area contributed by atoms with Crippen LogP contribution in [0.3, 0.4) is 0 Å². The number of nitriles is 1. The summed E-state index contributed by atoms with van der Waals surface area (Å²) in [7, 11) is 0. The van der Waals surface area contributed by atoms with Gasteiger partial charge in [-0.05, 0) is 72.5 Å². The number of aryl methyl sites for hydroxylation is 2. The van der Waals surface area contributed by atoms with Crippen LogP contribution in [-0.2, 0) is 17.6 Å². The molecule has 7 heteroatoms. The number of carbonyl (C=O) groups excluding carboxylic acids is 1. The van der Waals surface area contributed by atoms with Gasteiger partial charge < -0.3 is 10.1 Å². The van der Waals surface area contributed by atoms with Gasteiger partial charge in [-0.25, -0.2) is 0 Å². The predicted octanol–water partition coefficient (Wildman–Crippen LogP) is 6.45. The van der Waals surface area contributed by atoms with Gasteiger partial charge in [0.05, 0.1) is 5.56 Å². The van der Waals surface area contributed by atoms with E-state index >= 15 is 0 Å². The number of nitrogens with zero attached hydrogens (tertiary/aromatic N) is 1. The Bertz CT molecular complexity index is 1220. The molecule has 0 aliphatic heterocycles. The molecular formula is C26H21F3N2O2. The van der Waals surface area contributed by atoms with E-state index in [2.05, 4.69) is 11.4 Å². The first-order valence-corrected chi connectivity index (χ1v) is 10.0. The summed E-state index contributed by atoms with van der Waals surface area (Å²) in [5.41, 5.74) is 2.83. The molecule has 1 N–H and O–H groups in total. The van der Waals surface area contributed by atoms with Crippen LogP contribution in [0.25, 0.3) is 6.08 Å². The molecule has 0 saturated heterocycles. The third-order valence-corrected chi connectivity index (χ3v) is 4.98. The normalized spacial score (nSPS) is 11.6. The fourth-order valence-electron chi connectivity index (χ4n) is 3.01. The number of halogens is 3. The van der Waals surface area contributed by atoms with E-state index in [1.165, 1.54) is 29.3 Å². The van der Waals surface area contributed by atoms with Crippen molar-refractivity contribution >= 4 is 17.7 Å². The van der Waals surface area contributed by atoms with Gasteiger partial charge >= 0.3 is 6.18 Å². The highest BCUT2D eigenvalue weighted by Crippen LogP contribution is 2.30. The number of carbonyl (C=O) groups is 1. The molecule has 0 atom stereocenters. The van der Waals surface area contributed by atoms with E-state index in [0.717, 1.165) is 17.7 Å². The molecule has 0 spiro atoms. The lowest BCUT2D eigenvalue weighted by Crippen LogP contribution is -2.14. The van der Waals surface area contributed by atoms with E-state index in [-0.39, 0.29) is 11.3 Å². The Morgan fingerprint density at radius 3 is 2.39 bits per heavy atom. The number of rotatable bonds is 6. The molecule has 3 aromatic rings. The van der Waals surface area contributed by atoms with Crippen molar-refractivity contribution in [2.45, 2.75) is 26.6 Å². The number of nitrogens with one attached hydrogen (secondary N) is 1. The number of benzene rings is 3. The van der Waals surface area contributed by atoms with Crippen LogP contribution in [0.15, 0.2) is 72.3 Å². The Morgan fingerprint density at radius 1 is 1.03 bits per heavy atom. The molecule has 0 unspecified atom stereocenters. The molecule has 3 rings (SSSR count). The highest BCUT2D eigenvalue weighted by atomic mass is 19.4. The number of ether oxygens (including phenoxy) is 1. The molecule has 0 radical (unpaired) electrons. The standard InChI is InChI=1S/C26H21F3N2O2/c1-17-6-7-20(12-18(17)2)16-33-24-10-8-19(9-11-24)13-21(15-30)25(32)31-23-5-3-4-22(14-23)26(27,28)29/h3-14H,16H2,1-2H3,(H,31,32)/b21-13+. The summed E-state index contributed by atoms with van der Waals surface area (Å²) < 4.78 is 44.3. The monoisotopic (exact) mass is 450 g/mol. The van der Waals surface area contributed by atoms with Crippen LogP contribution in [0.1, 0.15) is 27.8 Å². The molecule has 4 nitrogen and oxygen atoms in total. The van der Waals surface area contributed by atoms with Crippen LogP contribution >= 0.6 is 0 Å². The van der Waals surface area contributed by atoms with E-state index in [9.17, 15) is 23.2 Å². The van der Waals surface area contributed by atoms with E-state index in [4.69, 9.17) is 4.74 Å². The zero-order valence-electron chi connectivity index (χ0n) is 18.0. The topological polar surface area (TPSA) is 62.1 Å². The molecule has 0 heterocycles. The van der Waals surface area contributed by atoms with Crippen molar-refractivity contribution in [2.75, 3.05) is 5.32 Å². The highest BCUT2D eigenvalue weighted by molar-refractivity contribution is 6.09. The molecule has 3 aromatic carbocycles. The first-order chi connectivity index (χ1) is 15.7. The Morgan fingerprint density at radius 2 is 1.76 bits per heavy atom. The summed E-state index contributed by atoms with van der Waals surface area (Å²) >= 11 is 0. The van der Waals surface area contributed by atoms with Crippen molar-refractivity contribution in [1.29, 1.82) is 5.26 Å². The van der Waals surface area contributed by atoms with Gasteiger partial charge in [0.25, 0.3) is 5.91 Å². The summed E-state index contributed by atoms with van der Waals surface area (Å²) in [6.07, 6.45) is -3.17. The predicted molar refractivity (Wildman–Crippen MR) is 120 cm³/mol. The molecule has 0 aromatic heterocycles. The third kappa shape index (κ3) is 6.47. The Balaban J connectivity index is 1.66. The van der Waals surface area contributed by atoms with Gasteiger partial charge in [-0.15, -0.1) is 0 Å². The number of amides is 1. The lowest BCUT2D eigenvalue weighted by molar-refractivity contribution is -0.137. The van der Waals surface area contributed by atoms with E-state index in [1.54, 1.807) is 30.3 Å². The van der Waals surface area contributed by atoms with Crippen LogP contribution in [0, 0.1) is 25.2 Å². The van der Waals surface area contributed by atoms with Gasteiger partial charge in [0.1, 0.15) is 24.0 Å². The molecule has 168 valence electrons. The van der Waals surface area contributed by atoms with Crippen LogP contribution in [-0.4, -0.2) is 5.91 Å². The average Bonchev–Trinajstić information content (AvgIpc) is 2.78. The van der Waals surface area contributed by atoms with Gasteiger partial charge in [-0.3, -0.25) is 4.79 Å². The van der Waals surface area contributed by atoms with Crippen molar-refractivity contribution < 1.29 is 22.7 Å². The molecule has 0 bridgehead atoms. The van der Waals surface area contributed by atoms with Gasteiger partial charge in [-0.2, -0.15) is 18.4 Å². The largest absolute Gasteiger partial charge is 0.489 e. The zero-order chi connectivity index (χ0) is 24.0. The number of hydrogen-bond acceptors (Lipinski definition) is 3. The molecular weight excluding hydrogens is 429 g/mol. The van der Waals surface area contributed by atoms with Gasteiger partial charge in [0.15, 0.2) is 0 Å².